The van der Waals surface area contributed by atoms with Gasteiger partial charge < -0.3 is 20.3 Å². The maximum absolute atomic E-state index is 13.2. The Morgan fingerprint density at radius 1 is 0.462 bits per heavy atom. The van der Waals surface area contributed by atoms with E-state index in [0.717, 1.165) is 83.5 Å². The topological polar surface area (TPSA) is 95.9 Å². The lowest BCUT2D eigenvalue weighted by Gasteiger charge is -2.24. The minimum Gasteiger partial charge on any atom is -0.462 e. The second-order valence-electron chi connectivity index (χ2n) is 17.4. The van der Waals surface area contributed by atoms with Crippen molar-refractivity contribution in [1.82, 2.24) is 5.32 Å². The maximum Gasteiger partial charge on any atom is 0.306 e. The van der Waals surface area contributed by atoms with Crippen LogP contribution in [0.3, 0.4) is 0 Å². The molecule has 0 rings (SSSR count). The lowest BCUT2D eigenvalue weighted by atomic mass is 10.0. The first-order chi connectivity index (χ1) is 32.0. The quantitative estimate of drug-likeness (QED) is 0.0321. The zero-order valence-corrected chi connectivity index (χ0v) is 41.8. The summed E-state index contributed by atoms with van der Waals surface area (Å²) in [5.41, 5.74) is 0. The van der Waals surface area contributed by atoms with Crippen molar-refractivity contribution >= 4 is 11.9 Å². The summed E-state index contributed by atoms with van der Waals surface area (Å²) in [4.78, 5) is 26.2. The summed E-state index contributed by atoms with van der Waals surface area (Å²) in [6, 6.07) is -0.733. The van der Waals surface area contributed by atoms with Crippen LogP contribution >= 0.6 is 0 Å². The van der Waals surface area contributed by atoms with E-state index in [4.69, 9.17) is 4.74 Å². The van der Waals surface area contributed by atoms with Crippen molar-refractivity contribution in [3.8, 4) is 0 Å². The summed E-state index contributed by atoms with van der Waals surface area (Å²) in [5.74, 6) is -0.575. The predicted octanol–water partition coefficient (Wildman–Crippen LogP) is 16.1. The highest BCUT2D eigenvalue weighted by Gasteiger charge is 2.24. The van der Waals surface area contributed by atoms with Gasteiger partial charge in [0.25, 0.3) is 0 Å². The lowest BCUT2D eigenvalue weighted by Crippen LogP contribution is -2.46. The van der Waals surface area contributed by atoms with E-state index in [-0.39, 0.29) is 24.9 Å². The first-order valence-electron chi connectivity index (χ1n) is 26.4. The third-order valence-corrected chi connectivity index (χ3v) is 11.3. The summed E-state index contributed by atoms with van der Waals surface area (Å²) in [6.45, 7) is 6.17. The number of amides is 1. The molecule has 0 bridgehead atoms. The summed E-state index contributed by atoms with van der Waals surface area (Å²) in [7, 11) is 0. The molecule has 6 nitrogen and oxygen atoms in total. The summed E-state index contributed by atoms with van der Waals surface area (Å²) in [6.07, 6.45) is 71.1. The summed E-state index contributed by atoms with van der Waals surface area (Å²) < 4.78 is 5.90. The molecule has 0 aliphatic carbocycles. The number of rotatable bonds is 45. The maximum atomic E-state index is 13.2. The van der Waals surface area contributed by atoms with Crippen molar-refractivity contribution in [3.05, 3.63) is 122 Å². The van der Waals surface area contributed by atoms with Gasteiger partial charge in [0.05, 0.1) is 25.2 Å². The predicted molar refractivity (Wildman–Crippen MR) is 282 cm³/mol. The Kier molecular flexibility index (Phi) is 48.3. The minimum absolute atomic E-state index is 0.0249. The Labute approximate surface area is 400 Å². The van der Waals surface area contributed by atoms with E-state index in [1.54, 1.807) is 0 Å². The first-order valence-corrected chi connectivity index (χ1v) is 26.4. The fourth-order valence-corrected chi connectivity index (χ4v) is 7.35. The zero-order chi connectivity index (χ0) is 47.4. The smallest absolute Gasteiger partial charge is 0.306 e. The van der Waals surface area contributed by atoms with Crippen molar-refractivity contribution in [2.45, 2.75) is 232 Å². The summed E-state index contributed by atoms with van der Waals surface area (Å²) >= 11 is 0. The van der Waals surface area contributed by atoms with E-state index >= 15 is 0 Å². The molecule has 1 amide bonds. The van der Waals surface area contributed by atoms with Crippen molar-refractivity contribution in [3.63, 3.8) is 0 Å². The summed E-state index contributed by atoms with van der Waals surface area (Å²) in [5, 5.41) is 23.8. The Balaban J connectivity index is 4.71. The average molecular weight is 900 g/mol. The molecule has 65 heavy (non-hydrogen) atoms. The highest BCUT2D eigenvalue weighted by Crippen LogP contribution is 2.17. The number of aliphatic hydroxyl groups excluding tert-OH is 2. The van der Waals surface area contributed by atoms with E-state index in [2.05, 4.69) is 62.5 Å². The second-order valence-corrected chi connectivity index (χ2v) is 17.4. The molecular weight excluding hydrogens is 803 g/mol. The van der Waals surface area contributed by atoms with Crippen molar-refractivity contribution in [2.75, 3.05) is 6.61 Å². The minimum atomic E-state index is -0.815. The van der Waals surface area contributed by atoms with Gasteiger partial charge in [0, 0.05) is 6.42 Å². The molecule has 0 heterocycles. The van der Waals surface area contributed by atoms with Crippen LogP contribution in [0.4, 0.5) is 0 Å². The molecule has 0 fully saturated rings. The molecule has 3 atom stereocenters. The third kappa shape index (κ3) is 46.6. The van der Waals surface area contributed by atoms with Gasteiger partial charge in [-0.2, -0.15) is 0 Å². The van der Waals surface area contributed by atoms with E-state index < -0.39 is 18.2 Å². The average Bonchev–Trinajstić information content (AvgIpc) is 3.30. The number of carbonyl (C=O) groups excluding carboxylic acids is 2. The number of carbonyl (C=O) groups is 2. The number of hydrogen-bond donors (Lipinski definition) is 3. The Bertz CT molecular complexity index is 1380. The second kappa shape index (κ2) is 51.2. The van der Waals surface area contributed by atoms with Gasteiger partial charge in [0.2, 0.25) is 5.91 Å². The van der Waals surface area contributed by atoms with E-state index in [1.807, 2.05) is 85.1 Å². The van der Waals surface area contributed by atoms with Crippen LogP contribution in [0.5, 0.6) is 0 Å². The Morgan fingerprint density at radius 3 is 1.26 bits per heavy atom. The molecule has 0 aromatic heterocycles. The SMILES string of the molecule is CC\C=C/C=C/C=C/C=C\C=C\C=C\CCCCCC(=O)OC(CCCCC\C=C/C=C/C=C/C=C/CC)CC(=O)NC(CO)C(O)CCCCCCCCCCCCCCCCCC. The number of aliphatic hydroxyl groups is 2. The van der Waals surface area contributed by atoms with Crippen LogP contribution in [-0.2, 0) is 14.3 Å². The van der Waals surface area contributed by atoms with E-state index in [0.29, 0.717) is 19.3 Å². The van der Waals surface area contributed by atoms with E-state index in [1.165, 1.54) is 83.5 Å². The van der Waals surface area contributed by atoms with Gasteiger partial charge in [-0.25, -0.2) is 0 Å². The molecule has 0 aromatic carbocycles. The van der Waals surface area contributed by atoms with E-state index in [9.17, 15) is 19.8 Å². The van der Waals surface area contributed by atoms with Gasteiger partial charge in [-0.1, -0.05) is 258 Å². The first kappa shape index (κ1) is 61.3. The number of nitrogens with one attached hydrogen (secondary N) is 1. The number of esters is 1. The monoisotopic (exact) mass is 900 g/mol. The van der Waals surface area contributed by atoms with Gasteiger partial charge in [-0.3, -0.25) is 9.59 Å². The van der Waals surface area contributed by atoms with Gasteiger partial charge in [0.1, 0.15) is 6.10 Å². The molecule has 0 saturated heterocycles. The van der Waals surface area contributed by atoms with Crippen LogP contribution in [0.1, 0.15) is 213 Å². The zero-order valence-electron chi connectivity index (χ0n) is 41.8. The lowest BCUT2D eigenvalue weighted by molar-refractivity contribution is -0.151. The molecule has 6 heteroatoms. The van der Waals surface area contributed by atoms with Crippen molar-refractivity contribution < 1.29 is 24.5 Å². The van der Waals surface area contributed by atoms with Gasteiger partial charge in [-0.05, 0) is 64.2 Å². The number of unbranched alkanes of at least 4 members (excludes halogenated alkanes) is 21. The van der Waals surface area contributed by atoms with Gasteiger partial charge in [0.15, 0.2) is 0 Å². The molecule has 0 spiro atoms. The van der Waals surface area contributed by atoms with Crippen LogP contribution in [0, 0.1) is 0 Å². The largest absolute Gasteiger partial charge is 0.462 e. The Morgan fingerprint density at radius 2 is 0.831 bits per heavy atom. The highest BCUT2D eigenvalue weighted by atomic mass is 16.5. The number of ether oxygens (including phenoxy) is 1. The third-order valence-electron chi connectivity index (χ3n) is 11.3. The molecule has 368 valence electrons. The standard InChI is InChI=1S/C59H97NO5/c1-4-7-10-13-16-19-22-25-27-29-31-34-37-40-43-46-49-52-59(64)65-55(50-47-44-41-38-35-32-24-21-18-15-12-9-6-3)53-58(63)60-56(54-61)57(62)51-48-45-42-39-36-33-30-28-26-23-20-17-14-11-8-5-2/h7,9-10,12-13,15-16,18-19,21-22,24-25,27,29,31-32,34-35,37,55-57,61-62H,4-6,8,11,14,17,20,23,26,28,30,33,36,38-54H2,1-3H3,(H,60,63)/b10-7-,12-9+,16-13+,18-15+,22-19+,24-21+,27-25-,31-29+,35-32-,37-34+. The van der Waals surface area contributed by atoms with Crippen LogP contribution < -0.4 is 5.32 Å². The Hall–Kier alpha value is -3.74. The molecule has 0 saturated carbocycles. The van der Waals surface area contributed by atoms with Crippen LogP contribution in [0.15, 0.2) is 122 Å². The molecule has 0 radical (unpaired) electrons. The molecule has 3 unspecified atom stereocenters. The molecule has 0 aromatic rings. The normalized spacial score (nSPS) is 14.2. The van der Waals surface area contributed by atoms with Crippen LogP contribution in [-0.4, -0.2) is 46.9 Å². The molecule has 0 aliphatic heterocycles. The molecule has 0 aliphatic rings. The fourth-order valence-electron chi connectivity index (χ4n) is 7.35. The van der Waals surface area contributed by atoms with Crippen LogP contribution in [0.25, 0.3) is 0 Å². The van der Waals surface area contributed by atoms with Gasteiger partial charge >= 0.3 is 5.97 Å². The molecular formula is C59H97NO5. The molecule has 3 N–H and O–H groups in total. The van der Waals surface area contributed by atoms with Crippen LogP contribution in [0.2, 0.25) is 0 Å². The van der Waals surface area contributed by atoms with Gasteiger partial charge in [-0.15, -0.1) is 0 Å². The van der Waals surface area contributed by atoms with Crippen molar-refractivity contribution in [1.29, 1.82) is 0 Å². The fraction of sp³-hybridized carbons (Fsp3) is 0.627. The van der Waals surface area contributed by atoms with Crippen molar-refractivity contribution in [2.24, 2.45) is 0 Å². The number of allylic oxidation sites excluding steroid dienone is 20. The highest BCUT2D eigenvalue weighted by molar-refractivity contribution is 5.77. The number of hydrogen-bond acceptors (Lipinski definition) is 5.